The van der Waals surface area contributed by atoms with Crippen LogP contribution >= 0.6 is 0 Å². The Kier molecular flexibility index (Phi) is 4.67. The number of Topliss-reactive ketones (excluding diaryl/α,β-unsaturated/α-hetero) is 1. The van der Waals surface area contributed by atoms with Gasteiger partial charge in [0.15, 0.2) is 5.78 Å². The number of carbonyl (C=O) groups excluding carboxylic acids is 1. The molecule has 3 heteroatoms. The predicted molar refractivity (Wildman–Crippen MR) is 129 cm³/mol. The van der Waals surface area contributed by atoms with Crippen LogP contribution in [0.25, 0.3) is 11.1 Å². The summed E-state index contributed by atoms with van der Waals surface area (Å²) < 4.78 is 0. The molecule has 3 aliphatic carbocycles. The summed E-state index contributed by atoms with van der Waals surface area (Å²) in [4.78, 5) is 16.4. The summed E-state index contributed by atoms with van der Waals surface area (Å²) in [5.41, 5.74) is 7.20. The lowest BCUT2D eigenvalue weighted by atomic mass is 9.81. The first-order valence-corrected chi connectivity index (χ1v) is 12.1. The third-order valence-corrected chi connectivity index (χ3v) is 8.22. The predicted octanol–water partition coefficient (Wildman–Crippen LogP) is 6.34. The Morgan fingerprint density at radius 1 is 0.969 bits per heavy atom. The number of nitrogens with zero attached hydrogens (tertiary/aromatic N) is 1. The molecule has 0 radical (unpaired) electrons. The number of pyridine rings is 1. The molecule has 0 spiro atoms. The largest absolute Gasteiger partial charge is 0.379 e. The molecule has 3 unspecified atom stereocenters. The SMILES string of the molecule is CC(=O)c1ccc2c(n1)CCC(CC1(Nc3ccccc3-c3ccccc3)C3CCC31)C2. The highest BCUT2D eigenvalue weighted by atomic mass is 16.1. The number of anilines is 1. The molecular weight excluding hydrogens is 392 g/mol. The minimum Gasteiger partial charge on any atom is -0.379 e. The molecule has 32 heavy (non-hydrogen) atoms. The standard InChI is InChI=1S/C29H30N2O/c1-19(32)26-16-12-22-17-20(11-15-27(22)30-26)18-29(24-13-14-25(24)29)31-28-10-6-5-9-23(28)21-7-3-2-4-8-21/h2-10,12,16,20,24-25,31H,11,13-15,17-18H2,1H3. The number of aryl methyl sites for hydroxylation is 1. The fraction of sp³-hybridized carbons (Fsp3) is 0.379. The number of rotatable bonds is 6. The van der Waals surface area contributed by atoms with Gasteiger partial charge in [-0.05, 0) is 79.5 Å². The number of para-hydroxylation sites is 1. The van der Waals surface area contributed by atoms with E-state index < -0.39 is 0 Å². The molecule has 3 aromatic rings. The van der Waals surface area contributed by atoms with Gasteiger partial charge in [0.2, 0.25) is 0 Å². The summed E-state index contributed by atoms with van der Waals surface area (Å²) in [5.74, 6) is 2.39. The van der Waals surface area contributed by atoms with Gasteiger partial charge in [0, 0.05) is 29.4 Å². The Morgan fingerprint density at radius 2 is 1.72 bits per heavy atom. The fourth-order valence-electron chi connectivity index (χ4n) is 6.41. The Balaban J connectivity index is 1.24. The van der Waals surface area contributed by atoms with Gasteiger partial charge in [0.25, 0.3) is 0 Å². The van der Waals surface area contributed by atoms with Gasteiger partial charge in [-0.1, -0.05) is 54.6 Å². The van der Waals surface area contributed by atoms with E-state index in [0.717, 1.165) is 30.4 Å². The number of ketones is 1. The summed E-state index contributed by atoms with van der Waals surface area (Å²) in [6.07, 6.45) is 7.21. The average molecular weight is 423 g/mol. The maximum atomic E-state index is 11.7. The first kappa shape index (κ1) is 19.7. The molecule has 3 aliphatic rings. The van der Waals surface area contributed by atoms with E-state index in [2.05, 4.69) is 71.0 Å². The van der Waals surface area contributed by atoms with E-state index in [4.69, 9.17) is 0 Å². The van der Waals surface area contributed by atoms with Crippen LogP contribution < -0.4 is 5.32 Å². The van der Waals surface area contributed by atoms with Crippen LogP contribution in [0, 0.1) is 17.8 Å². The van der Waals surface area contributed by atoms with Gasteiger partial charge >= 0.3 is 0 Å². The summed E-state index contributed by atoms with van der Waals surface area (Å²) >= 11 is 0. The maximum absolute atomic E-state index is 11.7. The van der Waals surface area contributed by atoms with Crippen molar-refractivity contribution in [3.63, 3.8) is 0 Å². The normalized spacial score (nSPS) is 27.6. The molecule has 1 N–H and O–H groups in total. The summed E-state index contributed by atoms with van der Waals surface area (Å²) in [5, 5.41) is 4.09. The van der Waals surface area contributed by atoms with Crippen molar-refractivity contribution in [1.82, 2.24) is 4.98 Å². The van der Waals surface area contributed by atoms with Gasteiger partial charge in [0.1, 0.15) is 5.69 Å². The Morgan fingerprint density at radius 3 is 2.47 bits per heavy atom. The maximum Gasteiger partial charge on any atom is 0.178 e. The molecule has 3 nitrogen and oxygen atoms in total. The van der Waals surface area contributed by atoms with E-state index in [1.165, 1.54) is 48.1 Å². The minimum absolute atomic E-state index is 0.0599. The molecule has 2 aromatic carbocycles. The Bertz CT molecular complexity index is 1160. The Labute approximate surface area is 190 Å². The van der Waals surface area contributed by atoms with Gasteiger partial charge in [-0.3, -0.25) is 4.79 Å². The molecule has 0 aliphatic heterocycles. The molecule has 3 atom stereocenters. The second kappa shape index (κ2) is 7.58. The van der Waals surface area contributed by atoms with E-state index >= 15 is 0 Å². The van der Waals surface area contributed by atoms with Crippen LogP contribution in [0.3, 0.4) is 0 Å². The fourth-order valence-corrected chi connectivity index (χ4v) is 6.41. The van der Waals surface area contributed by atoms with Crippen LogP contribution in [-0.4, -0.2) is 16.3 Å². The summed E-state index contributed by atoms with van der Waals surface area (Å²) in [7, 11) is 0. The van der Waals surface area contributed by atoms with Crippen molar-refractivity contribution in [2.45, 2.75) is 51.0 Å². The molecule has 0 amide bonds. The number of nitrogens with one attached hydrogen (secondary N) is 1. The van der Waals surface area contributed by atoms with Gasteiger partial charge in [-0.15, -0.1) is 0 Å². The molecule has 6 rings (SSSR count). The number of benzene rings is 2. The number of carbonyl (C=O) groups is 1. The highest BCUT2D eigenvalue weighted by Crippen LogP contribution is 2.68. The molecule has 2 fully saturated rings. The summed E-state index contributed by atoms with van der Waals surface area (Å²) in [6.45, 7) is 1.60. The van der Waals surface area contributed by atoms with Gasteiger partial charge < -0.3 is 5.32 Å². The van der Waals surface area contributed by atoms with Crippen molar-refractivity contribution in [3.8, 4) is 11.1 Å². The third kappa shape index (κ3) is 3.26. The Hall–Kier alpha value is -2.94. The second-order valence-corrected chi connectivity index (χ2v) is 10.0. The van der Waals surface area contributed by atoms with Crippen LogP contribution in [0.15, 0.2) is 66.7 Å². The van der Waals surface area contributed by atoms with E-state index in [0.29, 0.717) is 11.6 Å². The topological polar surface area (TPSA) is 42.0 Å². The van der Waals surface area contributed by atoms with Crippen molar-refractivity contribution in [1.29, 1.82) is 0 Å². The minimum atomic E-state index is 0.0599. The van der Waals surface area contributed by atoms with Gasteiger partial charge in [0.05, 0.1) is 0 Å². The zero-order valence-corrected chi connectivity index (χ0v) is 18.7. The molecule has 1 heterocycles. The summed E-state index contributed by atoms with van der Waals surface area (Å²) in [6, 6.07) is 23.6. The van der Waals surface area contributed by atoms with Crippen LogP contribution in [0.1, 0.15) is 54.4 Å². The van der Waals surface area contributed by atoms with E-state index in [1.807, 2.05) is 6.07 Å². The monoisotopic (exact) mass is 422 g/mol. The number of hydrogen-bond acceptors (Lipinski definition) is 3. The van der Waals surface area contributed by atoms with Gasteiger partial charge in [-0.2, -0.15) is 0 Å². The molecule has 2 saturated carbocycles. The van der Waals surface area contributed by atoms with E-state index in [9.17, 15) is 4.79 Å². The van der Waals surface area contributed by atoms with Gasteiger partial charge in [-0.25, -0.2) is 4.98 Å². The molecule has 162 valence electrons. The zero-order valence-electron chi connectivity index (χ0n) is 18.7. The zero-order chi connectivity index (χ0) is 21.7. The van der Waals surface area contributed by atoms with Crippen molar-refractivity contribution in [2.75, 3.05) is 5.32 Å². The number of hydrogen-bond donors (Lipinski definition) is 1. The van der Waals surface area contributed by atoms with E-state index in [1.54, 1.807) is 6.92 Å². The average Bonchev–Trinajstić information content (AvgIpc) is 3.24. The van der Waals surface area contributed by atoms with Crippen LogP contribution in [0.4, 0.5) is 5.69 Å². The first-order valence-electron chi connectivity index (χ1n) is 12.1. The second-order valence-electron chi connectivity index (χ2n) is 10.0. The highest BCUT2D eigenvalue weighted by Gasteiger charge is 2.69. The molecule has 0 saturated heterocycles. The highest BCUT2D eigenvalue weighted by molar-refractivity contribution is 5.92. The van der Waals surface area contributed by atoms with E-state index in [-0.39, 0.29) is 11.3 Å². The molecule has 0 bridgehead atoms. The molecule has 1 aromatic heterocycles. The number of fused-ring (bicyclic) bond motifs is 2. The van der Waals surface area contributed by atoms with Crippen LogP contribution in [-0.2, 0) is 12.8 Å². The molecular formula is C29H30N2O. The lowest BCUT2D eigenvalue weighted by Crippen LogP contribution is -2.30. The third-order valence-electron chi connectivity index (χ3n) is 8.22. The van der Waals surface area contributed by atoms with Crippen molar-refractivity contribution in [3.05, 3.63) is 83.7 Å². The lowest BCUT2D eigenvalue weighted by Gasteiger charge is -2.30. The lowest BCUT2D eigenvalue weighted by molar-refractivity contribution is 0.101. The van der Waals surface area contributed by atoms with Crippen LogP contribution in [0.5, 0.6) is 0 Å². The van der Waals surface area contributed by atoms with Crippen molar-refractivity contribution in [2.24, 2.45) is 17.8 Å². The van der Waals surface area contributed by atoms with Crippen molar-refractivity contribution < 1.29 is 4.79 Å². The smallest absolute Gasteiger partial charge is 0.178 e. The quantitative estimate of drug-likeness (QED) is 0.472. The van der Waals surface area contributed by atoms with Crippen molar-refractivity contribution >= 4 is 11.5 Å². The first-order chi connectivity index (χ1) is 15.6. The van der Waals surface area contributed by atoms with Crippen LogP contribution in [0.2, 0.25) is 0 Å². The number of aromatic nitrogens is 1.